The van der Waals surface area contributed by atoms with Gasteiger partial charge in [0, 0.05) is 0 Å². The van der Waals surface area contributed by atoms with Gasteiger partial charge in [-0.2, -0.15) is 0 Å². The van der Waals surface area contributed by atoms with Gasteiger partial charge in [0.05, 0.1) is 31.0 Å². The maximum atomic E-state index is 5.94. The first-order chi connectivity index (χ1) is 9.74. The molecule has 0 unspecified atom stereocenters. The van der Waals surface area contributed by atoms with Gasteiger partial charge in [0.1, 0.15) is 11.3 Å². The van der Waals surface area contributed by atoms with Crippen molar-refractivity contribution in [2.45, 2.75) is 0 Å². The number of rotatable bonds is 3. The van der Waals surface area contributed by atoms with Crippen LogP contribution in [0.1, 0.15) is 0 Å². The summed E-state index contributed by atoms with van der Waals surface area (Å²) in [5, 5.41) is 0. The molecule has 5 heteroatoms. The highest BCUT2D eigenvalue weighted by molar-refractivity contribution is 5.90. The molecule has 0 bridgehead atoms. The predicted molar refractivity (Wildman–Crippen MR) is 79.0 cm³/mol. The molecule has 0 fully saturated rings. The van der Waals surface area contributed by atoms with Crippen molar-refractivity contribution in [1.29, 1.82) is 0 Å². The largest absolute Gasteiger partial charge is 0.493 e. The summed E-state index contributed by atoms with van der Waals surface area (Å²) in [5.74, 6) is 2.01. The number of anilines is 1. The number of nitrogens with zero attached hydrogens (tertiary/aromatic N) is 1. The van der Waals surface area contributed by atoms with Crippen LogP contribution < -0.4 is 15.2 Å². The van der Waals surface area contributed by atoms with E-state index < -0.39 is 0 Å². The van der Waals surface area contributed by atoms with Crippen LogP contribution in [0.4, 0.5) is 5.69 Å². The van der Waals surface area contributed by atoms with Crippen LogP contribution in [0.2, 0.25) is 0 Å². The van der Waals surface area contributed by atoms with Crippen molar-refractivity contribution >= 4 is 16.7 Å². The lowest BCUT2D eigenvalue weighted by Gasteiger charge is -2.10. The molecule has 3 aromatic rings. The number of imidazole rings is 1. The third kappa shape index (κ3) is 1.84. The number of nitrogens with two attached hydrogens (primary N) is 1. The van der Waals surface area contributed by atoms with Crippen LogP contribution in [0.3, 0.4) is 0 Å². The number of nitrogens with one attached hydrogen (secondary N) is 1. The lowest BCUT2D eigenvalue weighted by molar-refractivity contribution is 0.356. The first-order valence-electron chi connectivity index (χ1n) is 6.20. The van der Waals surface area contributed by atoms with Gasteiger partial charge in [-0.15, -0.1) is 0 Å². The summed E-state index contributed by atoms with van der Waals surface area (Å²) < 4.78 is 10.7. The van der Waals surface area contributed by atoms with Crippen LogP contribution >= 0.6 is 0 Å². The van der Waals surface area contributed by atoms with E-state index in [1.54, 1.807) is 14.2 Å². The lowest BCUT2D eigenvalue weighted by atomic mass is 10.1. The molecular formula is C15H15N3O2. The Morgan fingerprint density at radius 3 is 2.55 bits per heavy atom. The Hall–Kier alpha value is -2.69. The molecular weight excluding hydrogens is 254 g/mol. The van der Waals surface area contributed by atoms with Crippen molar-refractivity contribution in [3.8, 4) is 22.9 Å². The van der Waals surface area contributed by atoms with Gasteiger partial charge in [-0.25, -0.2) is 4.98 Å². The maximum Gasteiger partial charge on any atom is 0.171 e. The second-order valence-electron chi connectivity index (χ2n) is 4.37. The van der Waals surface area contributed by atoms with E-state index in [1.165, 1.54) is 0 Å². The second-order valence-corrected chi connectivity index (χ2v) is 4.37. The van der Waals surface area contributed by atoms with Gasteiger partial charge in [-0.3, -0.25) is 0 Å². The van der Waals surface area contributed by atoms with Crippen molar-refractivity contribution < 1.29 is 9.47 Å². The van der Waals surface area contributed by atoms with Crippen LogP contribution in [0.15, 0.2) is 36.4 Å². The van der Waals surface area contributed by atoms with Crippen LogP contribution in [0.5, 0.6) is 11.5 Å². The standard InChI is InChI=1S/C15H15N3O2/c1-19-12-8-3-5-9(14(12)20-2)15-17-11-7-4-6-10(16)13(11)18-15/h3-8H,16H2,1-2H3,(H,17,18). The van der Waals surface area contributed by atoms with Gasteiger partial charge in [0.15, 0.2) is 11.5 Å². The summed E-state index contributed by atoms with van der Waals surface area (Å²) in [6, 6.07) is 11.3. The summed E-state index contributed by atoms with van der Waals surface area (Å²) in [6.07, 6.45) is 0. The van der Waals surface area contributed by atoms with Gasteiger partial charge in [0.25, 0.3) is 0 Å². The third-order valence-electron chi connectivity index (χ3n) is 3.20. The zero-order chi connectivity index (χ0) is 14.1. The summed E-state index contributed by atoms with van der Waals surface area (Å²) in [7, 11) is 3.22. The number of ether oxygens (including phenoxy) is 2. The molecule has 102 valence electrons. The monoisotopic (exact) mass is 269 g/mol. The van der Waals surface area contributed by atoms with E-state index in [-0.39, 0.29) is 0 Å². The Morgan fingerprint density at radius 1 is 1.05 bits per heavy atom. The van der Waals surface area contributed by atoms with Crippen LogP contribution in [-0.4, -0.2) is 24.2 Å². The van der Waals surface area contributed by atoms with E-state index >= 15 is 0 Å². The molecule has 0 spiro atoms. The first kappa shape index (κ1) is 12.3. The number of aromatic nitrogens is 2. The molecule has 2 aromatic carbocycles. The van der Waals surface area contributed by atoms with Crippen molar-refractivity contribution in [1.82, 2.24) is 9.97 Å². The number of aromatic amines is 1. The number of hydrogen-bond donors (Lipinski definition) is 2. The lowest BCUT2D eigenvalue weighted by Crippen LogP contribution is -1.93. The topological polar surface area (TPSA) is 73.2 Å². The van der Waals surface area contributed by atoms with Gasteiger partial charge in [-0.1, -0.05) is 12.1 Å². The van der Waals surface area contributed by atoms with Crippen LogP contribution in [0.25, 0.3) is 22.4 Å². The number of para-hydroxylation sites is 2. The molecule has 0 aliphatic rings. The summed E-state index contributed by atoms with van der Waals surface area (Å²) >= 11 is 0. The zero-order valence-electron chi connectivity index (χ0n) is 11.3. The summed E-state index contributed by atoms with van der Waals surface area (Å²) in [6.45, 7) is 0. The molecule has 1 heterocycles. The quantitative estimate of drug-likeness (QED) is 0.717. The molecule has 0 atom stereocenters. The van der Waals surface area contributed by atoms with E-state index in [2.05, 4.69) is 9.97 Å². The highest BCUT2D eigenvalue weighted by atomic mass is 16.5. The highest BCUT2D eigenvalue weighted by Gasteiger charge is 2.15. The Bertz CT molecular complexity index is 765. The minimum Gasteiger partial charge on any atom is -0.493 e. The fourth-order valence-corrected chi connectivity index (χ4v) is 2.26. The van der Waals surface area contributed by atoms with E-state index in [9.17, 15) is 0 Å². The van der Waals surface area contributed by atoms with E-state index in [0.29, 0.717) is 23.0 Å². The Balaban J connectivity index is 2.23. The fraction of sp³-hybridized carbons (Fsp3) is 0.133. The molecule has 0 saturated heterocycles. The molecule has 1 aromatic heterocycles. The number of fused-ring (bicyclic) bond motifs is 1. The summed E-state index contributed by atoms with van der Waals surface area (Å²) in [5.41, 5.74) is 9.07. The number of benzene rings is 2. The van der Waals surface area contributed by atoms with E-state index in [1.807, 2.05) is 36.4 Å². The van der Waals surface area contributed by atoms with E-state index in [4.69, 9.17) is 15.2 Å². The number of H-pyrrole nitrogens is 1. The second kappa shape index (κ2) is 4.77. The first-order valence-corrected chi connectivity index (χ1v) is 6.20. The third-order valence-corrected chi connectivity index (χ3v) is 3.20. The van der Waals surface area contributed by atoms with Gasteiger partial charge < -0.3 is 20.2 Å². The number of nitrogen functional groups attached to an aromatic ring is 1. The van der Waals surface area contributed by atoms with Crippen molar-refractivity contribution in [2.24, 2.45) is 0 Å². The Morgan fingerprint density at radius 2 is 1.85 bits per heavy atom. The van der Waals surface area contributed by atoms with E-state index in [0.717, 1.165) is 16.6 Å². The normalized spacial score (nSPS) is 10.7. The molecule has 20 heavy (non-hydrogen) atoms. The average Bonchev–Trinajstić information content (AvgIpc) is 2.91. The maximum absolute atomic E-state index is 5.94. The molecule has 5 nitrogen and oxygen atoms in total. The number of hydrogen-bond acceptors (Lipinski definition) is 4. The fourth-order valence-electron chi connectivity index (χ4n) is 2.26. The van der Waals surface area contributed by atoms with Crippen LogP contribution in [-0.2, 0) is 0 Å². The number of methoxy groups -OCH3 is 2. The van der Waals surface area contributed by atoms with Crippen molar-refractivity contribution in [2.75, 3.05) is 20.0 Å². The van der Waals surface area contributed by atoms with Gasteiger partial charge in [-0.05, 0) is 24.3 Å². The van der Waals surface area contributed by atoms with Gasteiger partial charge >= 0.3 is 0 Å². The highest BCUT2D eigenvalue weighted by Crippen LogP contribution is 2.37. The molecule has 0 saturated carbocycles. The van der Waals surface area contributed by atoms with Crippen molar-refractivity contribution in [3.05, 3.63) is 36.4 Å². The smallest absolute Gasteiger partial charge is 0.171 e. The Labute approximate surface area is 116 Å². The Kier molecular flexibility index (Phi) is 2.95. The molecule has 0 radical (unpaired) electrons. The predicted octanol–water partition coefficient (Wildman–Crippen LogP) is 2.83. The van der Waals surface area contributed by atoms with Crippen LogP contribution in [0, 0.1) is 0 Å². The molecule has 0 aliphatic heterocycles. The molecule has 0 amide bonds. The summed E-state index contributed by atoms with van der Waals surface area (Å²) in [4.78, 5) is 7.80. The zero-order valence-corrected chi connectivity index (χ0v) is 11.3. The van der Waals surface area contributed by atoms with Crippen molar-refractivity contribution in [3.63, 3.8) is 0 Å². The van der Waals surface area contributed by atoms with Gasteiger partial charge in [0.2, 0.25) is 0 Å². The average molecular weight is 269 g/mol. The minimum absolute atomic E-state index is 0.645. The molecule has 3 rings (SSSR count). The molecule has 0 aliphatic carbocycles. The SMILES string of the molecule is COc1cccc(-c2nc3c(N)cccc3[nH]2)c1OC. The minimum atomic E-state index is 0.645. The molecule has 3 N–H and O–H groups in total.